The molecule has 2 amide bonds. The molecule has 1 heterocycles. The summed E-state index contributed by atoms with van der Waals surface area (Å²) in [5.41, 5.74) is 1.82. The second-order valence-corrected chi connectivity index (χ2v) is 8.80. The van der Waals surface area contributed by atoms with Gasteiger partial charge in [-0.2, -0.15) is 13.2 Å². The van der Waals surface area contributed by atoms with Gasteiger partial charge in [0.25, 0.3) is 5.91 Å². The number of amides is 2. The minimum atomic E-state index is -4.44. The van der Waals surface area contributed by atoms with E-state index in [1.165, 1.54) is 17.0 Å². The predicted molar refractivity (Wildman–Crippen MR) is 123 cm³/mol. The summed E-state index contributed by atoms with van der Waals surface area (Å²) in [4.78, 5) is 28.4. The Morgan fingerprint density at radius 2 is 1.65 bits per heavy atom. The molecule has 3 aromatic carbocycles. The third kappa shape index (κ3) is 4.55. The molecule has 1 N–H and O–H groups in total. The van der Waals surface area contributed by atoms with Gasteiger partial charge in [-0.05, 0) is 54.3 Å². The summed E-state index contributed by atoms with van der Waals surface area (Å²) in [6.45, 7) is 3.99. The molecule has 1 aliphatic rings. The van der Waals surface area contributed by atoms with Gasteiger partial charge in [-0.1, -0.05) is 54.6 Å². The standard InChI is InChI=1S/C27H25F3N2O2/c1-18-7-3-4-9-21(18)16-31-25(34)26(2)15-20-8-5-6-10-23(20)24(33)32(26)17-19-11-13-22(14-12-19)27(28,29)30/h3-14H,15-17H2,1-2H3,(H,31,34)/t26-/m1/s1. The quantitative estimate of drug-likeness (QED) is 0.556. The Balaban J connectivity index is 1.64. The van der Waals surface area contributed by atoms with Crippen LogP contribution in [0.1, 0.15) is 45.1 Å². The molecule has 0 aliphatic carbocycles. The molecule has 4 rings (SSSR count). The molecule has 0 bridgehead atoms. The van der Waals surface area contributed by atoms with E-state index in [9.17, 15) is 22.8 Å². The number of nitrogens with one attached hydrogen (secondary N) is 1. The molecule has 1 aliphatic heterocycles. The molecule has 7 heteroatoms. The lowest BCUT2D eigenvalue weighted by Gasteiger charge is -2.44. The number of nitrogens with zero attached hydrogens (tertiary/aromatic N) is 1. The summed E-state index contributed by atoms with van der Waals surface area (Å²) in [7, 11) is 0. The molecule has 0 spiro atoms. The van der Waals surface area contributed by atoms with E-state index in [1.54, 1.807) is 19.1 Å². The van der Waals surface area contributed by atoms with Crippen LogP contribution >= 0.6 is 0 Å². The van der Waals surface area contributed by atoms with E-state index in [1.807, 2.05) is 43.3 Å². The van der Waals surface area contributed by atoms with Crippen LogP contribution in [0.15, 0.2) is 72.8 Å². The molecule has 0 unspecified atom stereocenters. The summed E-state index contributed by atoms with van der Waals surface area (Å²) in [6, 6.07) is 19.5. The Labute approximate surface area is 196 Å². The third-order valence-corrected chi connectivity index (χ3v) is 6.44. The minimum absolute atomic E-state index is 0.0135. The maximum absolute atomic E-state index is 13.5. The van der Waals surface area contributed by atoms with Crippen LogP contribution in [0.2, 0.25) is 0 Å². The van der Waals surface area contributed by atoms with Gasteiger partial charge in [0.2, 0.25) is 5.91 Å². The van der Waals surface area contributed by atoms with Gasteiger partial charge in [0.15, 0.2) is 0 Å². The first-order chi connectivity index (χ1) is 16.1. The zero-order valence-electron chi connectivity index (χ0n) is 18.9. The number of hydrogen-bond acceptors (Lipinski definition) is 2. The van der Waals surface area contributed by atoms with Crippen LogP contribution in [0.25, 0.3) is 0 Å². The van der Waals surface area contributed by atoms with E-state index in [2.05, 4.69) is 5.32 Å². The molecular formula is C27H25F3N2O2. The van der Waals surface area contributed by atoms with Crippen molar-refractivity contribution in [3.63, 3.8) is 0 Å². The smallest absolute Gasteiger partial charge is 0.350 e. The van der Waals surface area contributed by atoms with E-state index >= 15 is 0 Å². The van der Waals surface area contributed by atoms with Crippen LogP contribution in [-0.4, -0.2) is 22.3 Å². The normalized spacial score (nSPS) is 17.9. The average molecular weight is 467 g/mol. The minimum Gasteiger partial charge on any atom is -0.350 e. The first-order valence-corrected chi connectivity index (χ1v) is 11.0. The molecule has 0 fully saturated rings. The molecule has 0 saturated carbocycles. The van der Waals surface area contributed by atoms with Crippen molar-refractivity contribution in [2.45, 2.75) is 45.1 Å². The molecule has 34 heavy (non-hydrogen) atoms. The number of benzene rings is 3. The van der Waals surface area contributed by atoms with Gasteiger partial charge in [0.1, 0.15) is 5.54 Å². The summed E-state index contributed by atoms with van der Waals surface area (Å²) in [6.07, 6.45) is -4.14. The Kier molecular flexibility index (Phi) is 6.21. The van der Waals surface area contributed by atoms with Crippen molar-refractivity contribution in [1.82, 2.24) is 10.2 Å². The summed E-state index contributed by atoms with van der Waals surface area (Å²) in [5.74, 6) is -0.638. The van der Waals surface area contributed by atoms with Gasteiger partial charge in [0.05, 0.1) is 5.56 Å². The van der Waals surface area contributed by atoms with Gasteiger partial charge in [-0.15, -0.1) is 0 Å². The van der Waals surface area contributed by atoms with Crippen LogP contribution in [-0.2, 0) is 30.5 Å². The maximum atomic E-state index is 13.5. The van der Waals surface area contributed by atoms with Crippen LogP contribution in [0, 0.1) is 6.92 Å². The second kappa shape index (κ2) is 8.97. The van der Waals surface area contributed by atoms with Gasteiger partial charge in [-0.3, -0.25) is 9.59 Å². The number of hydrogen-bond donors (Lipinski definition) is 1. The lowest BCUT2D eigenvalue weighted by molar-refractivity contribution is -0.137. The maximum Gasteiger partial charge on any atom is 0.416 e. The zero-order chi connectivity index (χ0) is 24.5. The summed E-state index contributed by atoms with van der Waals surface area (Å²) < 4.78 is 38.9. The number of alkyl halides is 3. The number of carbonyl (C=O) groups is 2. The van der Waals surface area contributed by atoms with Crippen molar-refractivity contribution in [3.8, 4) is 0 Å². The molecule has 0 radical (unpaired) electrons. The topological polar surface area (TPSA) is 49.4 Å². The SMILES string of the molecule is Cc1ccccc1CNC(=O)[C@@]1(C)Cc2ccccc2C(=O)N1Cc1ccc(C(F)(F)F)cc1. The lowest BCUT2D eigenvalue weighted by Crippen LogP contribution is -2.62. The monoisotopic (exact) mass is 466 g/mol. The van der Waals surface area contributed by atoms with Crippen molar-refractivity contribution in [3.05, 3.63) is 106 Å². The molecule has 176 valence electrons. The van der Waals surface area contributed by atoms with Gasteiger partial charge in [0, 0.05) is 25.1 Å². The van der Waals surface area contributed by atoms with Crippen molar-refractivity contribution >= 4 is 11.8 Å². The molecule has 3 aromatic rings. The average Bonchev–Trinajstić information content (AvgIpc) is 2.81. The third-order valence-electron chi connectivity index (χ3n) is 6.44. The van der Waals surface area contributed by atoms with E-state index in [4.69, 9.17) is 0 Å². The van der Waals surface area contributed by atoms with Crippen LogP contribution in [0.4, 0.5) is 13.2 Å². The van der Waals surface area contributed by atoms with E-state index in [0.29, 0.717) is 24.1 Å². The predicted octanol–water partition coefficient (Wildman–Crippen LogP) is 5.29. The Bertz CT molecular complexity index is 1220. The molecule has 4 nitrogen and oxygen atoms in total. The van der Waals surface area contributed by atoms with E-state index < -0.39 is 17.3 Å². The highest BCUT2D eigenvalue weighted by Crippen LogP contribution is 2.34. The number of carbonyl (C=O) groups excluding carboxylic acids is 2. The number of rotatable bonds is 5. The van der Waals surface area contributed by atoms with Crippen molar-refractivity contribution in [2.75, 3.05) is 0 Å². The zero-order valence-corrected chi connectivity index (χ0v) is 18.9. The number of fused-ring (bicyclic) bond motifs is 1. The number of aryl methyl sites for hydroxylation is 1. The van der Waals surface area contributed by atoms with Crippen LogP contribution in [0.3, 0.4) is 0 Å². The van der Waals surface area contributed by atoms with E-state index in [-0.39, 0.29) is 18.4 Å². The first-order valence-electron chi connectivity index (χ1n) is 11.0. The summed E-state index contributed by atoms with van der Waals surface area (Å²) in [5, 5.41) is 2.96. The second-order valence-electron chi connectivity index (χ2n) is 8.80. The summed E-state index contributed by atoms with van der Waals surface area (Å²) >= 11 is 0. The lowest BCUT2D eigenvalue weighted by atomic mass is 9.82. The van der Waals surface area contributed by atoms with Crippen LogP contribution < -0.4 is 5.32 Å². The fourth-order valence-electron chi connectivity index (χ4n) is 4.32. The van der Waals surface area contributed by atoms with E-state index in [0.717, 1.165) is 28.8 Å². The van der Waals surface area contributed by atoms with Crippen molar-refractivity contribution in [2.24, 2.45) is 0 Å². The van der Waals surface area contributed by atoms with Crippen molar-refractivity contribution < 1.29 is 22.8 Å². The first kappa shape index (κ1) is 23.5. The van der Waals surface area contributed by atoms with Gasteiger partial charge in [-0.25, -0.2) is 0 Å². The fourth-order valence-corrected chi connectivity index (χ4v) is 4.32. The molecule has 0 saturated heterocycles. The Morgan fingerprint density at radius 3 is 2.32 bits per heavy atom. The Hall–Kier alpha value is -3.61. The van der Waals surface area contributed by atoms with Crippen LogP contribution in [0.5, 0.6) is 0 Å². The number of halogens is 3. The molecular weight excluding hydrogens is 441 g/mol. The Morgan fingerprint density at radius 1 is 1.00 bits per heavy atom. The fraction of sp³-hybridized carbons (Fsp3) is 0.259. The van der Waals surface area contributed by atoms with Gasteiger partial charge < -0.3 is 10.2 Å². The largest absolute Gasteiger partial charge is 0.416 e. The molecule has 1 atom stereocenters. The molecule has 0 aromatic heterocycles. The highest BCUT2D eigenvalue weighted by atomic mass is 19.4. The van der Waals surface area contributed by atoms with Gasteiger partial charge >= 0.3 is 6.18 Å². The van der Waals surface area contributed by atoms with Crippen molar-refractivity contribution in [1.29, 1.82) is 0 Å². The highest BCUT2D eigenvalue weighted by molar-refractivity contribution is 6.02. The highest BCUT2D eigenvalue weighted by Gasteiger charge is 2.46.